The molecule has 1 unspecified atom stereocenters. The van der Waals surface area contributed by atoms with Crippen LogP contribution in [0.25, 0.3) is 144 Å². The van der Waals surface area contributed by atoms with Gasteiger partial charge in [0, 0.05) is 164 Å². The lowest BCUT2D eigenvalue weighted by atomic mass is 9.95. The molecule has 3 fully saturated rings. The van der Waals surface area contributed by atoms with E-state index in [4.69, 9.17) is 79.2 Å². The number of phenols is 1. The number of aryl methyl sites for hydroxylation is 1. The number of nitrogens with zero attached hydrogens (tertiary/aromatic N) is 14. The maximum Gasteiger partial charge on any atom is 0.410 e. The number of fused-ring (bicyclic) bond motifs is 18. The van der Waals surface area contributed by atoms with Crippen LogP contribution < -0.4 is 35.5 Å². The number of nitrogens with one attached hydrogen (secondary N) is 2. The van der Waals surface area contributed by atoms with Crippen molar-refractivity contribution in [2.75, 3.05) is 88.6 Å². The number of furan rings is 5. The molecule has 33 nitrogen and oxygen atoms in total. The van der Waals surface area contributed by atoms with Crippen molar-refractivity contribution in [2.24, 2.45) is 7.05 Å². The van der Waals surface area contributed by atoms with E-state index in [1.54, 1.807) is 79.3 Å². The number of thiocarbonyl (C=S) groups is 1. The molecule has 8 aromatic carbocycles. The molecule has 666 valence electrons. The lowest BCUT2D eigenvalue weighted by molar-refractivity contribution is -0.384. The van der Waals surface area contributed by atoms with Crippen molar-refractivity contribution in [2.45, 2.75) is 59.1 Å². The number of aromatic nitrogens is 9. The Kier molecular flexibility index (Phi) is 23.4. The molecule has 3 N–H and O–H groups in total. The van der Waals surface area contributed by atoms with Gasteiger partial charge in [-0.05, 0) is 155 Å². The molecular weight excluding hydrogens is 1730 g/mol. The first-order valence-electron chi connectivity index (χ1n) is 42.6. The topological polar surface area (TPSA) is 392 Å². The van der Waals surface area contributed by atoms with Crippen molar-refractivity contribution in [3.63, 3.8) is 0 Å². The van der Waals surface area contributed by atoms with Gasteiger partial charge in [-0.25, -0.2) is 54.3 Å². The fourth-order valence-electron chi connectivity index (χ4n) is 16.7. The fourth-order valence-corrected chi connectivity index (χ4v) is 17.1. The van der Waals surface area contributed by atoms with Gasteiger partial charge in [0.2, 0.25) is 18.5 Å². The molecule has 4 aliphatic heterocycles. The molecule has 0 saturated carbocycles. The SMILES string of the molecule is CC(=O)c1cnc2oc3ccc(O)cc3c2c1-c1ccccc1.CC(C)(C)OC(=O)N1CCC(c2ncnc3c2oc2ccc(Cl)cc23)C1.CCOC(=O)c1cc2c(ccc3oc4ccccc4c32)oc1=O.Cn1ccnc1-c1nc(N2CCNCC2)nc2c1oc1ccc([N+](=O)[O-])cc12.S=C(NCc1ccc2c(c1)OCO2)N1CCN(c2ncnc3c2oc2ccccc23)CC1. The Morgan fingerprint density at radius 2 is 1.30 bits per heavy atom. The van der Waals surface area contributed by atoms with Crippen molar-refractivity contribution < 1.29 is 69.9 Å². The number of ether oxygens (including phenoxy) is 4. The average molecular weight is 1810 g/mol. The van der Waals surface area contributed by atoms with Crippen LogP contribution in [0.5, 0.6) is 17.2 Å². The molecule has 23 rings (SSSR count). The summed E-state index contributed by atoms with van der Waals surface area (Å²) in [6, 6.07) is 51.0. The number of nitro benzene ring substituents is 1. The summed E-state index contributed by atoms with van der Waals surface area (Å²) in [6.45, 7) is 17.6. The second-order valence-corrected chi connectivity index (χ2v) is 33.4. The number of para-hydroxylation sites is 2. The molecule has 0 radical (unpaired) electrons. The number of likely N-dealkylation sites (tertiary alicyclic amines) is 1. The Bertz CT molecular complexity index is 7800. The number of esters is 1. The number of Topliss-reactive ketones (excluding diaryl/α,β-unsaturated/α-hetero) is 1. The van der Waals surface area contributed by atoms with Crippen LogP contribution in [0.4, 0.5) is 22.2 Å². The number of phenolic OH excluding ortho intramolecular Hbond substituents is 1. The highest BCUT2D eigenvalue weighted by Gasteiger charge is 2.35. The van der Waals surface area contributed by atoms with Crippen LogP contribution in [0.3, 0.4) is 0 Å². The number of carbonyl (C=O) groups is 3. The smallest absolute Gasteiger partial charge is 0.410 e. The minimum absolute atomic E-state index is 0.00363. The van der Waals surface area contributed by atoms with E-state index in [0.717, 1.165) is 169 Å². The standard InChI is InChI=1S/C23H21N5O3S.C19H20ClN3O3.C19H13NO3.C18H17N7O3.C18H12O5/c32-23(24-12-15-5-6-18-19(11-15)30-14-29-18)28-9-7-27(8-10-28)22-21-20(25-13-26-22)16-3-1-2-4-17(16)31-21;1-19(2,3)26-18(24)23-7-6-11(9-23)15-17-16(22-10-21-15)13-8-12(20)4-5-14(13)25-17;1-11(21)15-10-20-19-18(17(15)12-5-3-2-4-6-12)14-9-13(22)7-8-16(14)23-19;1-23-7-6-20-17(23)15-16-14(21-18(22-15)24-8-4-19-5-9-24)12-10-11(25(26)27)2-3-13(12)28-16;1-2-21-17(19)12-9-11-14(23-18(12)20)7-8-15-16(11)10-5-3-4-6-13(10)22-15/h1-6,11,13H,7-10,12,14H2,(H,24,32);4-5,8,10-11H,6-7,9H2,1-3H3;2-10,22H,1H3;2-3,6-7,10,19H,4-5,8-9H2,1H3;3-9H,2H2,1H3. The number of nitro groups is 1. The summed E-state index contributed by atoms with van der Waals surface area (Å²) in [5.74, 6) is 3.11. The zero-order valence-corrected chi connectivity index (χ0v) is 73.6. The van der Waals surface area contributed by atoms with Gasteiger partial charge in [0.15, 0.2) is 56.5 Å². The number of halogens is 1. The summed E-state index contributed by atoms with van der Waals surface area (Å²) < 4.78 is 58.0. The van der Waals surface area contributed by atoms with Crippen molar-refractivity contribution in [1.82, 2.24) is 64.9 Å². The van der Waals surface area contributed by atoms with Gasteiger partial charge in [-0.15, -0.1) is 0 Å². The third kappa shape index (κ3) is 17.2. The Hall–Kier alpha value is -15.7. The Morgan fingerprint density at radius 1 is 0.629 bits per heavy atom. The van der Waals surface area contributed by atoms with E-state index in [1.165, 1.54) is 25.1 Å². The molecule has 19 aromatic rings. The molecular formula is C97H83ClN16O17S. The van der Waals surface area contributed by atoms with E-state index in [9.17, 15) is 34.4 Å². The van der Waals surface area contributed by atoms with E-state index in [2.05, 4.69) is 55.2 Å². The number of amides is 1. The predicted octanol–water partition coefficient (Wildman–Crippen LogP) is 18.6. The second kappa shape index (κ2) is 36.1. The molecule has 35 heteroatoms. The largest absolute Gasteiger partial charge is 0.508 e. The lowest BCUT2D eigenvalue weighted by Crippen LogP contribution is -2.51. The number of benzene rings is 8. The van der Waals surface area contributed by atoms with Crippen LogP contribution in [-0.4, -0.2) is 172 Å². The highest BCUT2D eigenvalue weighted by atomic mass is 35.5. The highest BCUT2D eigenvalue weighted by Crippen LogP contribution is 2.43. The molecule has 0 aliphatic carbocycles. The molecule has 3 saturated heterocycles. The first kappa shape index (κ1) is 85.7. The molecule has 0 spiro atoms. The monoisotopic (exact) mass is 1810 g/mol. The third-order valence-corrected chi connectivity index (χ3v) is 23.6. The number of piperazine rings is 2. The molecule has 132 heavy (non-hydrogen) atoms. The summed E-state index contributed by atoms with van der Waals surface area (Å²) in [4.78, 5) is 103. The van der Waals surface area contributed by atoms with Gasteiger partial charge in [0.25, 0.3) is 5.69 Å². The first-order chi connectivity index (χ1) is 64.0. The van der Waals surface area contributed by atoms with Crippen LogP contribution >= 0.6 is 23.8 Å². The van der Waals surface area contributed by atoms with Crippen LogP contribution in [0.2, 0.25) is 5.02 Å². The Morgan fingerprint density at radius 3 is 2.05 bits per heavy atom. The van der Waals surface area contributed by atoms with Gasteiger partial charge in [0.05, 0.1) is 28.0 Å². The normalized spacial score (nSPS) is 14.4. The number of ketones is 1. The van der Waals surface area contributed by atoms with Gasteiger partial charge < -0.3 is 85.4 Å². The summed E-state index contributed by atoms with van der Waals surface area (Å²) in [7, 11) is 1.88. The average Bonchev–Trinajstić information content (AvgIpc) is 1.60. The number of anilines is 2. The zero-order valence-electron chi connectivity index (χ0n) is 72.1. The number of imidazole rings is 1. The molecule has 1 amide bonds. The maximum atomic E-state index is 12.3. The highest BCUT2D eigenvalue weighted by molar-refractivity contribution is 7.80. The summed E-state index contributed by atoms with van der Waals surface area (Å²) in [6.07, 6.45) is 8.76. The van der Waals surface area contributed by atoms with Crippen molar-refractivity contribution >= 4 is 185 Å². The molecule has 11 aromatic heterocycles. The lowest BCUT2D eigenvalue weighted by Gasteiger charge is -2.36. The number of pyridine rings is 1. The minimum atomic E-state index is -0.705. The minimum Gasteiger partial charge on any atom is -0.508 e. The zero-order chi connectivity index (χ0) is 91.2. The summed E-state index contributed by atoms with van der Waals surface area (Å²) in [5.41, 5.74) is 12.4. The Balaban J connectivity index is 0.000000107. The Labute approximate surface area is 759 Å². The van der Waals surface area contributed by atoms with Gasteiger partial charge in [0.1, 0.15) is 85.2 Å². The van der Waals surface area contributed by atoms with Crippen LogP contribution in [0.1, 0.15) is 78.9 Å². The third-order valence-electron chi connectivity index (χ3n) is 23.0. The maximum absolute atomic E-state index is 12.3. The number of aromatic hydroxyl groups is 1. The first-order valence-corrected chi connectivity index (χ1v) is 43.4. The van der Waals surface area contributed by atoms with E-state index in [-0.39, 0.29) is 48.2 Å². The number of hydrogen-bond acceptors (Lipinski definition) is 29. The molecule has 0 bridgehead atoms. The van der Waals surface area contributed by atoms with Gasteiger partial charge in [-0.1, -0.05) is 78.3 Å². The van der Waals surface area contributed by atoms with E-state index in [0.29, 0.717) is 103 Å². The van der Waals surface area contributed by atoms with Crippen LogP contribution in [0, 0.1) is 10.1 Å². The number of hydrogen-bond donors (Lipinski definition) is 3. The fraction of sp³-hybridized carbons (Fsp3) is 0.227. The van der Waals surface area contributed by atoms with Crippen molar-refractivity contribution in [3.8, 4) is 39.9 Å². The van der Waals surface area contributed by atoms with E-state index >= 15 is 0 Å². The number of rotatable bonds is 11. The summed E-state index contributed by atoms with van der Waals surface area (Å²) >= 11 is 11.8. The van der Waals surface area contributed by atoms with E-state index < -0.39 is 22.1 Å². The van der Waals surface area contributed by atoms with Gasteiger partial charge >= 0.3 is 17.7 Å². The molecule has 15 heterocycles. The van der Waals surface area contributed by atoms with E-state index in [1.807, 2.05) is 148 Å². The number of carbonyl (C=O) groups excluding carboxylic acids is 3. The van der Waals surface area contributed by atoms with Gasteiger partial charge in [-0.2, -0.15) is 0 Å². The predicted molar refractivity (Wildman–Crippen MR) is 502 cm³/mol. The van der Waals surface area contributed by atoms with Crippen LogP contribution in [-0.2, 0) is 23.1 Å². The molecule has 1 atom stereocenters. The summed E-state index contributed by atoms with van der Waals surface area (Å²) in [5, 5.41) is 35.4. The quantitative estimate of drug-likeness (QED) is 0.0270. The van der Waals surface area contributed by atoms with Crippen molar-refractivity contribution in [3.05, 3.63) is 249 Å². The van der Waals surface area contributed by atoms with Crippen molar-refractivity contribution in [1.29, 1.82) is 0 Å². The number of non-ortho nitro benzene ring substituents is 1. The van der Waals surface area contributed by atoms with Gasteiger partial charge in [-0.3, -0.25) is 14.9 Å². The van der Waals surface area contributed by atoms with Crippen LogP contribution in [0.15, 0.2) is 232 Å². The second-order valence-electron chi connectivity index (χ2n) is 32.6. The molecule has 4 aliphatic rings.